The van der Waals surface area contributed by atoms with Gasteiger partial charge in [-0.15, -0.1) is 0 Å². The Hall–Kier alpha value is -3.86. The summed E-state index contributed by atoms with van der Waals surface area (Å²) >= 11 is 13.1. The first-order chi connectivity index (χ1) is 19.3. The highest BCUT2D eigenvalue weighted by Gasteiger charge is 2.35. The molecule has 1 N–H and O–H groups in total. The van der Waals surface area contributed by atoms with Gasteiger partial charge in [0.2, 0.25) is 0 Å². The van der Waals surface area contributed by atoms with E-state index in [0.717, 1.165) is 16.7 Å². The standard InChI is InChI=1S/C28H24Cl2N2O7S/c1-36-21-5-3-4-6-22(21)38-12-11-32-27(34)24(40-28(32)35)15-17-13-20(30)26(23(14-17)37-2)39-16-25(33)31-19-9-7-18(29)8-10-19/h3-10,13-15H,11-12,16H2,1-2H3,(H,31,33)/b24-15-. The number of methoxy groups -OCH3 is 2. The summed E-state index contributed by atoms with van der Waals surface area (Å²) in [5.74, 6) is 0.619. The lowest BCUT2D eigenvalue weighted by atomic mass is 10.1. The topological polar surface area (TPSA) is 103 Å². The van der Waals surface area contributed by atoms with Gasteiger partial charge in [-0.25, -0.2) is 0 Å². The lowest BCUT2D eigenvalue weighted by Gasteiger charge is -2.15. The van der Waals surface area contributed by atoms with E-state index in [9.17, 15) is 14.4 Å². The fourth-order valence-corrected chi connectivity index (χ4v) is 4.92. The molecule has 1 aliphatic rings. The number of imide groups is 1. The zero-order valence-corrected chi connectivity index (χ0v) is 23.8. The van der Waals surface area contributed by atoms with Gasteiger partial charge in [-0.3, -0.25) is 19.3 Å². The fraction of sp³-hybridized carbons (Fsp3) is 0.179. The van der Waals surface area contributed by atoms with Crippen LogP contribution in [0.4, 0.5) is 10.5 Å². The van der Waals surface area contributed by atoms with Gasteiger partial charge in [-0.1, -0.05) is 35.3 Å². The Morgan fingerprint density at radius 3 is 2.35 bits per heavy atom. The number of carbonyl (C=O) groups is 3. The van der Waals surface area contributed by atoms with Crippen LogP contribution in [0.3, 0.4) is 0 Å². The van der Waals surface area contributed by atoms with Gasteiger partial charge >= 0.3 is 0 Å². The predicted molar refractivity (Wildman–Crippen MR) is 155 cm³/mol. The number of hydrogen-bond acceptors (Lipinski definition) is 8. The number of hydrogen-bond donors (Lipinski definition) is 1. The van der Waals surface area contributed by atoms with Crippen LogP contribution in [0.25, 0.3) is 6.08 Å². The Bertz CT molecular complexity index is 1450. The second kappa shape index (κ2) is 13.5. The molecule has 0 atom stereocenters. The quantitative estimate of drug-likeness (QED) is 0.261. The van der Waals surface area contributed by atoms with Crippen LogP contribution in [0.2, 0.25) is 10.0 Å². The molecule has 12 heteroatoms. The number of ether oxygens (including phenoxy) is 4. The molecule has 1 saturated heterocycles. The highest BCUT2D eigenvalue weighted by molar-refractivity contribution is 8.18. The van der Waals surface area contributed by atoms with E-state index in [1.807, 2.05) is 6.07 Å². The van der Waals surface area contributed by atoms with E-state index < -0.39 is 17.1 Å². The minimum Gasteiger partial charge on any atom is -0.493 e. The van der Waals surface area contributed by atoms with Crippen LogP contribution in [0.5, 0.6) is 23.0 Å². The highest BCUT2D eigenvalue weighted by Crippen LogP contribution is 2.39. The van der Waals surface area contributed by atoms with Crippen LogP contribution >= 0.6 is 35.0 Å². The van der Waals surface area contributed by atoms with Crippen molar-refractivity contribution in [3.05, 3.63) is 81.2 Å². The fourth-order valence-electron chi connectivity index (χ4n) is 3.66. The van der Waals surface area contributed by atoms with Crippen molar-refractivity contribution in [2.45, 2.75) is 0 Å². The number of benzene rings is 3. The summed E-state index contributed by atoms with van der Waals surface area (Å²) in [5, 5.41) is 2.99. The van der Waals surface area contributed by atoms with Crippen molar-refractivity contribution in [1.82, 2.24) is 4.90 Å². The summed E-state index contributed by atoms with van der Waals surface area (Å²) in [6.07, 6.45) is 1.54. The zero-order valence-electron chi connectivity index (χ0n) is 21.4. The van der Waals surface area contributed by atoms with Crippen molar-refractivity contribution < 1.29 is 33.3 Å². The summed E-state index contributed by atoms with van der Waals surface area (Å²) in [4.78, 5) is 39.1. The van der Waals surface area contributed by atoms with Crippen molar-refractivity contribution in [1.29, 1.82) is 0 Å². The van der Waals surface area contributed by atoms with E-state index in [4.69, 9.17) is 42.1 Å². The molecule has 0 spiro atoms. The maximum atomic E-state index is 12.9. The van der Waals surface area contributed by atoms with Crippen LogP contribution in [0, 0.1) is 0 Å². The smallest absolute Gasteiger partial charge is 0.293 e. The van der Waals surface area contributed by atoms with Crippen LogP contribution in [0.15, 0.2) is 65.6 Å². The highest BCUT2D eigenvalue weighted by atomic mass is 35.5. The van der Waals surface area contributed by atoms with Crippen LogP contribution in [-0.4, -0.2) is 55.9 Å². The third-order valence-electron chi connectivity index (χ3n) is 5.54. The number of carbonyl (C=O) groups excluding carboxylic acids is 3. The minimum atomic E-state index is -0.451. The molecule has 0 saturated carbocycles. The maximum Gasteiger partial charge on any atom is 0.293 e. The maximum absolute atomic E-state index is 12.9. The molecule has 0 bridgehead atoms. The molecular formula is C28H24Cl2N2O7S. The molecule has 9 nitrogen and oxygen atoms in total. The molecule has 3 aromatic rings. The first-order valence-corrected chi connectivity index (χ1v) is 13.4. The van der Waals surface area contributed by atoms with Gasteiger partial charge in [-0.2, -0.15) is 0 Å². The molecule has 0 unspecified atom stereocenters. The van der Waals surface area contributed by atoms with E-state index >= 15 is 0 Å². The third kappa shape index (κ3) is 7.20. The summed E-state index contributed by atoms with van der Waals surface area (Å²) in [5.41, 5.74) is 1.07. The number of halogens is 2. The first kappa shape index (κ1) is 29.1. The Morgan fingerprint density at radius 1 is 0.950 bits per heavy atom. The third-order valence-corrected chi connectivity index (χ3v) is 6.98. The molecule has 3 amide bonds. The van der Waals surface area contributed by atoms with Gasteiger partial charge in [0.05, 0.1) is 30.7 Å². The lowest BCUT2D eigenvalue weighted by molar-refractivity contribution is -0.123. The largest absolute Gasteiger partial charge is 0.493 e. The molecule has 1 aliphatic heterocycles. The minimum absolute atomic E-state index is 0.0645. The van der Waals surface area contributed by atoms with Gasteiger partial charge in [0, 0.05) is 10.7 Å². The molecule has 1 heterocycles. The van der Waals surface area contributed by atoms with Gasteiger partial charge in [0.15, 0.2) is 29.6 Å². The number of nitrogens with zero attached hydrogens (tertiary/aromatic N) is 1. The predicted octanol–water partition coefficient (Wildman–Crippen LogP) is 6.14. The Kier molecular flexibility index (Phi) is 9.81. The molecule has 0 aromatic heterocycles. The van der Waals surface area contributed by atoms with Crippen molar-refractivity contribution in [3.8, 4) is 23.0 Å². The van der Waals surface area contributed by atoms with Crippen molar-refractivity contribution in [3.63, 3.8) is 0 Å². The summed E-state index contributed by atoms with van der Waals surface area (Å²) in [6.45, 7) is -0.161. The monoisotopic (exact) mass is 602 g/mol. The summed E-state index contributed by atoms with van der Waals surface area (Å²) in [7, 11) is 2.95. The molecule has 208 valence electrons. The molecule has 0 aliphatic carbocycles. The average Bonchev–Trinajstić information content (AvgIpc) is 3.20. The number of anilines is 1. The average molecular weight is 603 g/mol. The van der Waals surface area contributed by atoms with Gasteiger partial charge in [-0.05, 0) is 71.9 Å². The zero-order chi connectivity index (χ0) is 28.6. The number of thioether (sulfide) groups is 1. The van der Waals surface area contributed by atoms with E-state index in [1.165, 1.54) is 20.3 Å². The Morgan fingerprint density at radius 2 is 1.65 bits per heavy atom. The molecule has 1 fully saturated rings. The van der Waals surface area contributed by atoms with E-state index in [2.05, 4.69) is 5.32 Å². The van der Waals surface area contributed by atoms with Crippen molar-refractivity contribution in [2.75, 3.05) is 39.3 Å². The molecule has 4 rings (SSSR count). The molecule has 0 radical (unpaired) electrons. The lowest BCUT2D eigenvalue weighted by Crippen LogP contribution is -2.32. The second-order valence-corrected chi connectivity index (χ2v) is 10.0. The van der Waals surface area contributed by atoms with Crippen LogP contribution in [-0.2, 0) is 9.59 Å². The molecule has 40 heavy (non-hydrogen) atoms. The summed E-state index contributed by atoms with van der Waals surface area (Å²) in [6, 6.07) is 16.9. The SMILES string of the molecule is COc1ccccc1OCCN1C(=O)S/C(=C\c2cc(Cl)c(OCC(=O)Nc3ccc(Cl)cc3)c(OC)c2)C1=O. The van der Waals surface area contributed by atoms with Crippen molar-refractivity contribution >= 4 is 63.8 Å². The summed E-state index contributed by atoms with van der Waals surface area (Å²) < 4.78 is 22.0. The molecule has 3 aromatic carbocycles. The first-order valence-electron chi connectivity index (χ1n) is 11.9. The van der Waals surface area contributed by atoms with Crippen LogP contribution in [0.1, 0.15) is 5.56 Å². The van der Waals surface area contributed by atoms with E-state index in [1.54, 1.807) is 54.6 Å². The number of nitrogens with one attached hydrogen (secondary N) is 1. The van der Waals surface area contributed by atoms with Crippen molar-refractivity contribution in [2.24, 2.45) is 0 Å². The second-order valence-electron chi connectivity index (χ2n) is 8.21. The molecular weight excluding hydrogens is 579 g/mol. The number of amides is 3. The van der Waals surface area contributed by atoms with Gasteiger partial charge in [0.25, 0.3) is 17.1 Å². The van der Waals surface area contributed by atoms with Gasteiger partial charge < -0.3 is 24.3 Å². The number of para-hydroxylation sites is 2. The van der Waals surface area contributed by atoms with E-state index in [0.29, 0.717) is 27.8 Å². The normalized spacial score (nSPS) is 13.9. The number of rotatable bonds is 11. The Balaban J connectivity index is 1.39. The van der Waals surface area contributed by atoms with Crippen LogP contribution < -0.4 is 24.3 Å². The van der Waals surface area contributed by atoms with E-state index in [-0.39, 0.29) is 41.2 Å². The Labute approximate surface area is 244 Å². The van der Waals surface area contributed by atoms with Gasteiger partial charge in [0.1, 0.15) is 6.61 Å².